The number of rotatable bonds is 6. The zero-order valence-corrected chi connectivity index (χ0v) is 17.0. The molecule has 148 valence electrons. The van der Waals surface area contributed by atoms with Crippen molar-refractivity contribution in [1.29, 1.82) is 0 Å². The van der Waals surface area contributed by atoms with E-state index in [4.69, 9.17) is 0 Å². The molecule has 0 saturated carbocycles. The lowest BCUT2D eigenvalue weighted by atomic mass is 10.1. The Hall–Kier alpha value is -2.67. The van der Waals surface area contributed by atoms with Gasteiger partial charge >= 0.3 is 0 Å². The molecule has 3 rings (SSSR count). The van der Waals surface area contributed by atoms with Crippen molar-refractivity contribution < 1.29 is 14.4 Å². The van der Waals surface area contributed by atoms with Gasteiger partial charge in [-0.1, -0.05) is 13.0 Å². The Morgan fingerprint density at radius 3 is 2.71 bits per heavy atom. The molecule has 1 aliphatic heterocycles. The number of nitrogens with one attached hydrogen (secondary N) is 2. The third-order valence-electron chi connectivity index (χ3n) is 4.84. The first-order valence-electron chi connectivity index (χ1n) is 9.49. The molecule has 1 aliphatic rings. The molecule has 0 atom stereocenters. The van der Waals surface area contributed by atoms with E-state index in [1.807, 2.05) is 17.9 Å². The second-order valence-electron chi connectivity index (χ2n) is 6.91. The van der Waals surface area contributed by atoms with Crippen LogP contribution in [0.3, 0.4) is 0 Å². The van der Waals surface area contributed by atoms with Crippen LogP contribution in [0, 0.1) is 6.92 Å². The molecule has 0 radical (unpaired) electrons. The maximum atomic E-state index is 12.5. The summed E-state index contributed by atoms with van der Waals surface area (Å²) in [7, 11) is 0. The minimum atomic E-state index is -0.205. The van der Waals surface area contributed by atoms with Crippen LogP contribution in [0.4, 0.5) is 11.4 Å². The summed E-state index contributed by atoms with van der Waals surface area (Å²) in [6.45, 7) is 5.02. The SMILES string of the molecule is CCC(=O)Nc1ccc(C)c(NC(=O)CCC(=O)N2CCc3sccc3C2)c1. The van der Waals surface area contributed by atoms with Crippen molar-refractivity contribution in [3.05, 3.63) is 45.6 Å². The maximum absolute atomic E-state index is 12.5. The zero-order chi connectivity index (χ0) is 20.1. The lowest BCUT2D eigenvalue weighted by Gasteiger charge is -2.27. The first kappa shape index (κ1) is 20.1. The van der Waals surface area contributed by atoms with Gasteiger partial charge in [0.15, 0.2) is 0 Å². The van der Waals surface area contributed by atoms with Gasteiger partial charge in [0.2, 0.25) is 17.7 Å². The average Bonchev–Trinajstić information content (AvgIpc) is 3.16. The molecule has 0 saturated heterocycles. The number of thiophene rings is 1. The van der Waals surface area contributed by atoms with Gasteiger partial charge in [0.05, 0.1) is 0 Å². The van der Waals surface area contributed by atoms with Crippen LogP contribution in [0.15, 0.2) is 29.6 Å². The van der Waals surface area contributed by atoms with Gasteiger partial charge in [0.1, 0.15) is 0 Å². The van der Waals surface area contributed by atoms with Gasteiger partial charge in [-0.15, -0.1) is 11.3 Å². The molecule has 0 fully saturated rings. The number of benzene rings is 1. The number of nitrogens with zero attached hydrogens (tertiary/aromatic N) is 1. The summed E-state index contributed by atoms with van der Waals surface area (Å²) < 4.78 is 0. The fraction of sp³-hybridized carbons (Fsp3) is 0.381. The summed E-state index contributed by atoms with van der Waals surface area (Å²) in [5.41, 5.74) is 3.40. The van der Waals surface area contributed by atoms with E-state index in [0.29, 0.717) is 30.9 Å². The van der Waals surface area contributed by atoms with E-state index < -0.39 is 0 Å². The highest BCUT2D eigenvalue weighted by atomic mass is 32.1. The van der Waals surface area contributed by atoms with Gasteiger partial charge in [-0.2, -0.15) is 0 Å². The molecule has 2 aromatic rings. The van der Waals surface area contributed by atoms with Crippen LogP contribution in [-0.2, 0) is 27.3 Å². The fourth-order valence-corrected chi connectivity index (χ4v) is 4.03. The van der Waals surface area contributed by atoms with E-state index in [1.54, 1.807) is 30.4 Å². The number of amides is 3. The van der Waals surface area contributed by atoms with Crippen LogP contribution in [0.1, 0.15) is 42.2 Å². The molecule has 1 aromatic carbocycles. The molecule has 2 N–H and O–H groups in total. The predicted octanol–water partition coefficient (Wildman–Crippen LogP) is 3.71. The van der Waals surface area contributed by atoms with E-state index in [-0.39, 0.29) is 30.6 Å². The van der Waals surface area contributed by atoms with Crippen molar-refractivity contribution in [2.75, 3.05) is 17.2 Å². The van der Waals surface area contributed by atoms with Crippen molar-refractivity contribution >= 4 is 40.4 Å². The molecule has 6 nitrogen and oxygen atoms in total. The van der Waals surface area contributed by atoms with Gasteiger partial charge < -0.3 is 15.5 Å². The van der Waals surface area contributed by atoms with Crippen LogP contribution in [-0.4, -0.2) is 29.2 Å². The Morgan fingerprint density at radius 2 is 1.93 bits per heavy atom. The highest BCUT2D eigenvalue weighted by molar-refractivity contribution is 7.10. The Labute approximate surface area is 168 Å². The lowest BCUT2D eigenvalue weighted by molar-refractivity contribution is -0.133. The average molecular weight is 400 g/mol. The van der Waals surface area contributed by atoms with Gasteiger partial charge in [-0.25, -0.2) is 0 Å². The Balaban J connectivity index is 1.52. The number of aryl methyl sites for hydroxylation is 1. The summed E-state index contributed by atoms with van der Waals surface area (Å²) in [5, 5.41) is 7.69. The summed E-state index contributed by atoms with van der Waals surface area (Å²) in [6, 6.07) is 7.46. The molecular formula is C21H25N3O3S. The van der Waals surface area contributed by atoms with Crippen molar-refractivity contribution in [2.45, 2.75) is 46.1 Å². The minimum absolute atomic E-state index is 0.00711. The van der Waals surface area contributed by atoms with Crippen molar-refractivity contribution in [3.63, 3.8) is 0 Å². The van der Waals surface area contributed by atoms with E-state index in [1.165, 1.54) is 10.4 Å². The predicted molar refractivity (Wildman–Crippen MR) is 111 cm³/mol. The quantitative estimate of drug-likeness (QED) is 0.777. The number of carbonyl (C=O) groups excluding carboxylic acids is 3. The van der Waals surface area contributed by atoms with Crippen LogP contribution in [0.5, 0.6) is 0 Å². The topological polar surface area (TPSA) is 78.5 Å². The monoisotopic (exact) mass is 399 g/mol. The second-order valence-corrected chi connectivity index (χ2v) is 7.91. The fourth-order valence-electron chi connectivity index (χ4n) is 3.14. The van der Waals surface area contributed by atoms with Crippen LogP contribution in [0.2, 0.25) is 0 Å². The Morgan fingerprint density at radius 1 is 1.11 bits per heavy atom. The van der Waals surface area contributed by atoms with Crippen LogP contribution in [0.25, 0.3) is 0 Å². The first-order valence-corrected chi connectivity index (χ1v) is 10.4. The minimum Gasteiger partial charge on any atom is -0.338 e. The number of anilines is 2. The standard InChI is InChI=1S/C21H25N3O3S/c1-3-19(25)22-16-5-4-14(2)17(12-16)23-20(26)6-7-21(27)24-10-8-18-15(13-24)9-11-28-18/h4-5,9,11-12H,3,6-8,10,13H2,1-2H3,(H,22,25)(H,23,26). The number of fused-ring (bicyclic) bond motifs is 1. The van der Waals surface area contributed by atoms with E-state index in [0.717, 1.165) is 12.0 Å². The summed E-state index contributed by atoms with van der Waals surface area (Å²) in [4.78, 5) is 39.5. The molecule has 7 heteroatoms. The van der Waals surface area contributed by atoms with Crippen LogP contribution < -0.4 is 10.6 Å². The zero-order valence-electron chi connectivity index (χ0n) is 16.2. The summed E-state index contributed by atoms with van der Waals surface area (Å²) >= 11 is 1.74. The normalized spacial score (nSPS) is 13.0. The largest absolute Gasteiger partial charge is 0.338 e. The smallest absolute Gasteiger partial charge is 0.224 e. The molecule has 0 aliphatic carbocycles. The van der Waals surface area contributed by atoms with E-state index in [9.17, 15) is 14.4 Å². The second kappa shape index (κ2) is 9.01. The highest BCUT2D eigenvalue weighted by Crippen LogP contribution is 2.25. The molecule has 0 bridgehead atoms. The van der Waals surface area contributed by atoms with Crippen molar-refractivity contribution in [2.24, 2.45) is 0 Å². The van der Waals surface area contributed by atoms with Gasteiger partial charge in [0, 0.05) is 48.6 Å². The third kappa shape index (κ3) is 4.98. The molecule has 1 aromatic heterocycles. The lowest BCUT2D eigenvalue weighted by Crippen LogP contribution is -2.35. The van der Waals surface area contributed by atoms with Crippen LogP contribution >= 0.6 is 11.3 Å². The Bertz CT molecular complexity index is 891. The number of hydrogen-bond acceptors (Lipinski definition) is 4. The molecule has 0 spiro atoms. The van der Waals surface area contributed by atoms with Crippen molar-refractivity contribution in [3.8, 4) is 0 Å². The molecule has 2 heterocycles. The molecule has 3 amide bonds. The van der Waals surface area contributed by atoms with Gasteiger partial charge in [-0.05, 0) is 48.1 Å². The van der Waals surface area contributed by atoms with Gasteiger partial charge in [0.25, 0.3) is 0 Å². The molecule has 0 unspecified atom stereocenters. The third-order valence-corrected chi connectivity index (χ3v) is 5.87. The van der Waals surface area contributed by atoms with Crippen molar-refractivity contribution in [1.82, 2.24) is 4.90 Å². The Kier molecular flexibility index (Phi) is 6.46. The van der Waals surface area contributed by atoms with Gasteiger partial charge in [-0.3, -0.25) is 14.4 Å². The number of hydrogen-bond donors (Lipinski definition) is 2. The first-order chi connectivity index (χ1) is 13.5. The summed E-state index contributed by atoms with van der Waals surface area (Å²) in [5.74, 6) is -0.279. The molecular weight excluding hydrogens is 374 g/mol. The van der Waals surface area contributed by atoms with E-state index >= 15 is 0 Å². The number of carbonyl (C=O) groups is 3. The highest BCUT2D eigenvalue weighted by Gasteiger charge is 2.21. The maximum Gasteiger partial charge on any atom is 0.224 e. The summed E-state index contributed by atoms with van der Waals surface area (Å²) in [6.07, 6.45) is 1.61. The molecule has 28 heavy (non-hydrogen) atoms. The van der Waals surface area contributed by atoms with E-state index in [2.05, 4.69) is 22.1 Å².